The predicted molar refractivity (Wildman–Crippen MR) is 141 cm³/mol. The Kier molecular flexibility index (Phi) is 7.36. The van der Waals surface area contributed by atoms with Gasteiger partial charge in [-0.2, -0.15) is 5.26 Å². The minimum atomic E-state index is -0.803. The molecule has 10 heteroatoms. The summed E-state index contributed by atoms with van der Waals surface area (Å²) in [6.07, 6.45) is 5.37. The summed E-state index contributed by atoms with van der Waals surface area (Å²) in [5.74, 6) is 1.12. The molecule has 8 nitrogen and oxygen atoms in total. The Balaban J connectivity index is 1.55. The molecule has 1 saturated heterocycles. The summed E-state index contributed by atoms with van der Waals surface area (Å²) >= 11 is 12.3. The van der Waals surface area contributed by atoms with Crippen molar-refractivity contribution < 1.29 is 9.84 Å². The lowest BCUT2D eigenvalue weighted by Crippen LogP contribution is -2.33. The molecule has 0 aliphatic carbocycles. The van der Waals surface area contributed by atoms with E-state index in [1.165, 1.54) is 12.4 Å². The predicted octanol–water partition coefficient (Wildman–Crippen LogP) is 4.83. The molecule has 4 rings (SSSR count). The van der Waals surface area contributed by atoms with Gasteiger partial charge in [-0.05, 0) is 44.5 Å². The molecule has 0 bridgehead atoms. The molecule has 0 saturated carbocycles. The van der Waals surface area contributed by atoms with Gasteiger partial charge in [0.05, 0.1) is 26.9 Å². The number of anilines is 2. The number of nitrogens with two attached hydrogens (primary N) is 1. The fraction of sp³-hybridized carbons (Fsp3) is 0.308. The SMILES string of the molecule is CC(C)(O)[C@@H]1CCN(c2ncc(C(=N)c3cc(OCc4c(Cl)cncc4Cl)ccc3N)cc2C#N)C1. The van der Waals surface area contributed by atoms with Crippen molar-refractivity contribution in [2.24, 2.45) is 5.92 Å². The Labute approximate surface area is 219 Å². The van der Waals surface area contributed by atoms with Gasteiger partial charge in [0.25, 0.3) is 0 Å². The van der Waals surface area contributed by atoms with Crippen LogP contribution in [0.25, 0.3) is 0 Å². The second-order valence-corrected chi connectivity index (χ2v) is 10.1. The number of rotatable bonds is 7. The third-order valence-corrected chi connectivity index (χ3v) is 7.04. The number of nitrogens with zero attached hydrogens (tertiary/aromatic N) is 4. The van der Waals surface area contributed by atoms with Crippen molar-refractivity contribution in [1.29, 1.82) is 10.7 Å². The smallest absolute Gasteiger partial charge is 0.146 e. The topological polar surface area (TPSA) is 132 Å². The second-order valence-electron chi connectivity index (χ2n) is 9.29. The molecule has 1 atom stereocenters. The number of aromatic nitrogens is 2. The fourth-order valence-corrected chi connectivity index (χ4v) is 4.66. The molecule has 0 unspecified atom stereocenters. The van der Waals surface area contributed by atoms with E-state index in [9.17, 15) is 10.4 Å². The van der Waals surface area contributed by atoms with Gasteiger partial charge in [0.2, 0.25) is 0 Å². The van der Waals surface area contributed by atoms with Gasteiger partial charge >= 0.3 is 0 Å². The highest BCUT2D eigenvalue weighted by Gasteiger charge is 2.34. The average molecular weight is 525 g/mol. The van der Waals surface area contributed by atoms with E-state index in [4.69, 9.17) is 39.1 Å². The molecule has 4 N–H and O–H groups in total. The second kappa shape index (κ2) is 10.3. The first-order valence-corrected chi connectivity index (χ1v) is 12.1. The van der Waals surface area contributed by atoms with E-state index in [-0.39, 0.29) is 18.2 Å². The van der Waals surface area contributed by atoms with Crippen molar-refractivity contribution in [3.05, 3.63) is 75.2 Å². The van der Waals surface area contributed by atoms with Crippen molar-refractivity contribution in [3.8, 4) is 11.8 Å². The highest BCUT2D eigenvalue weighted by molar-refractivity contribution is 6.35. The molecule has 0 radical (unpaired) electrons. The molecule has 36 heavy (non-hydrogen) atoms. The standard InChI is InChI=1S/C26H26Cl2N6O2/c1-26(2,35)17-5-6-34(13-17)25-15(9-29)7-16(10-33-25)24(31)19-8-18(3-4-23(19)30)36-14-20-21(27)11-32-12-22(20)28/h3-4,7-8,10-12,17,31,35H,5-6,13-14,30H2,1-2H3/t17-/m1/s1. The van der Waals surface area contributed by atoms with Gasteiger partial charge in [-0.3, -0.25) is 10.4 Å². The molecule has 0 spiro atoms. The fourth-order valence-electron chi connectivity index (χ4n) is 4.19. The van der Waals surface area contributed by atoms with Crippen LogP contribution < -0.4 is 15.4 Å². The van der Waals surface area contributed by atoms with Crippen LogP contribution in [0.2, 0.25) is 10.0 Å². The van der Waals surface area contributed by atoms with Crippen LogP contribution in [0.4, 0.5) is 11.5 Å². The normalized spacial score (nSPS) is 15.6. The molecular weight excluding hydrogens is 499 g/mol. The van der Waals surface area contributed by atoms with E-state index in [2.05, 4.69) is 16.0 Å². The largest absolute Gasteiger partial charge is 0.489 e. The summed E-state index contributed by atoms with van der Waals surface area (Å²) in [6.45, 7) is 5.03. The molecule has 186 valence electrons. The van der Waals surface area contributed by atoms with E-state index in [0.717, 1.165) is 6.42 Å². The molecule has 2 aromatic heterocycles. The number of pyridine rings is 2. The highest BCUT2D eigenvalue weighted by atomic mass is 35.5. The van der Waals surface area contributed by atoms with Crippen LogP contribution in [0.3, 0.4) is 0 Å². The lowest BCUT2D eigenvalue weighted by Gasteiger charge is -2.26. The number of nitrogen functional groups attached to an aromatic ring is 1. The molecule has 1 fully saturated rings. The summed E-state index contributed by atoms with van der Waals surface area (Å²) in [5, 5.41) is 29.7. The van der Waals surface area contributed by atoms with Crippen LogP contribution in [0.1, 0.15) is 42.5 Å². The van der Waals surface area contributed by atoms with Gasteiger partial charge in [0.15, 0.2) is 0 Å². The molecule has 1 aliphatic rings. The van der Waals surface area contributed by atoms with Crippen molar-refractivity contribution >= 4 is 40.4 Å². The van der Waals surface area contributed by atoms with Crippen molar-refractivity contribution in [1.82, 2.24) is 9.97 Å². The lowest BCUT2D eigenvalue weighted by atomic mass is 9.90. The molecule has 0 amide bonds. The summed E-state index contributed by atoms with van der Waals surface area (Å²) in [4.78, 5) is 10.5. The summed E-state index contributed by atoms with van der Waals surface area (Å²) in [6, 6.07) is 8.86. The number of nitrogens with one attached hydrogen (secondary N) is 1. The van der Waals surface area contributed by atoms with Crippen LogP contribution in [0.5, 0.6) is 5.75 Å². The van der Waals surface area contributed by atoms with Crippen LogP contribution in [-0.2, 0) is 6.61 Å². The first kappa shape index (κ1) is 25.7. The Morgan fingerprint density at radius 1 is 1.28 bits per heavy atom. The Hall–Kier alpha value is -3.38. The molecule has 3 aromatic rings. The van der Waals surface area contributed by atoms with Crippen LogP contribution in [0, 0.1) is 22.7 Å². The quantitative estimate of drug-likeness (QED) is 0.297. The maximum atomic E-state index is 10.4. The van der Waals surface area contributed by atoms with Gasteiger partial charge in [-0.1, -0.05) is 23.2 Å². The zero-order valence-corrected chi connectivity index (χ0v) is 21.4. The van der Waals surface area contributed by atoms with Gasteiger partial charge in [-0.25, -0.2) is 4.98 Å². The molecule has 1 aliphatic heterocycles. The number of hydrogen-bond donors (Lipinski definition) is 3. The number of benzene rings is 1. The summed E-state index contributed by atoms with van der Waals surface area (Å²) in [7, 11) is 0. The number of aliphatic hydroxyl groups is 1. The lowest BCUT2D eigenvalue weighted by molar-refractivity contribution is 0.0263. The van der Waals surface area contributed by atoms with Crippen molar-refractivity contribution in [3.63, 3.8) is 0 Å². The number of halogens is 2. The first-order chi connectivity index (χ1) is 17.1. The Morgan fingerprint density at radius 2 is 2.00 bits per heavy atom. The first-order valence-electron chi connectivity index (χ1n) is 11.4. The minimum Gasteiger partial charge on any atom is -0.489 e. The van der Waals surface area contributed by atoms with Gasteiger partial charge in [-0.15, -0.1) is 0 Å². The monoisotopic (exact) mass is 524 g/mol. The maximum absolute atomic E-state index is 10.4. The van der Waals surface area contributed by atoms with Gasteiger partial charge < -0.3 is 20.5 Å². The zero-order valence-electron chi connectivity index (χ0n) is 19.9. The number of ether oxygens (including phenoxy) is 1. The summed E-state index contributed by atoms with van der Waals surface area (Å²) in [5.41, 5.74) is 7.75. The number of hydrogen-bond acceptors (Lipinski definition) is 8. The van der Waals surface area contributed by atoms with E-state index < -0.39 is 5.60 Å². The Morgan fingerprint density at radius 3 is 2.64 bits per heavy atom. The molecule has 3 heterocycles. The maximum Gasteiger partial charge on any atom is 0.146 e. The Bertz CT molecular complexity index is 1330. The molecule has 1 aromatic carbocycles. The zero-order chi connectivity index (χ0) is 26.0. The average Bonchev–Trinajstić information content (AvgIpc) is 3.35. The van der Waals surface area contributed by atoms with Crippen LogP contribution in [-0.4, -0.2) is 39.5 Å². The van der Waals surface area contributed by atoms with Crippen molar-refractivity contribution in [2.75, 3.05) is 23.7 Å². The minimum absolute atomic E-state index is 0.0864. The van der Waals surface area contributed by atoms with Crippen LogP contribution >= 0.6 is 23.2 Å². The highest BCUT2D eigenvalue weighted by Crippen LogP contribution is 2.32. The van der Waals surface area contributed by atoms with E-state index in [1.807, 2.05) is 4.90 Å². The number of nitriles is 1. The van der Waals surface area contributed by atoms with Gasteiger partial charge in [0.1, 0.15) is 24.2 Å². The van der Waals surface area contributed by atoms with E-state index in [0.29, 0.717) is 62.6 Å². The van der Waals surface area contributed by atoms with E-state index >= 15 is 0 Å². The van der Waals surface area contributed by atoms with Crippen LogP contribution in [0.15, 0.2) is 42.9 Å². The van der Waals surface area contributed by atoms with Crippen molar-refractivity contribution in [2.45, 2.75) is 32.5 Å². The third-order valence-electron chi connectivity index (χ3n) is 6.39. The summed E-state index contributed by atoms with van der Waals surface area (Å²) < 4.78 is 5.86. The van der Waals surface area contributed by atoms with E-state index in [1.54, 1.807) is 44.3 Å². The third kappa shape index (κ3) is 5.39. The van der Waals surface area contributed by atoms with Gasteiger partial charge in [0, 0.05) is 60.0 Å². The molecular formula is C26H26Cl2N6O2.